The largest absolute Gasteiger partial charge is 0.399 e. The van der Waals surface area contributed by atoms with Crippen LogP contribution in [0.2, 0.25) is 0 Å². The predicted molar refractivity (Wildman–Crippen MR) is 70.1 cm³/mol. The van der Waals surface area contributed by atoms with Crippen molar-refractivity contribution in [1.82, 2.24) is 20.1 Å². The lowest BCUT2D eigenvalue weighted by Crippen LogP contribution is -2.38. The van der Waals surface area contributed by atoms with Gasteiger partial charge < -0.3 is 16.8 Å². The third kappa shape index (κ3) is 2.10. The van der Waals surface area contributed by atoms with E-state index in [1.54, 1.807) is 0 Å². The molecular formula is C12H14N6O. The Morgan fingerprint density at radius 1 is 1.26 bits per heavy atom. The topological polar surface area (TPSA) is 112 Å². The average molecular weight is 258 g/mol. The maximum Gasteiger partial charge on any atom is 0.344 e. The number of anilines is 2. The summed E-state index contributed by atoms with van der Waals surface area (Å²) in [4.78, 5) is 15.7. The van der Waals surface area contributed by atoms with Crippen LogP contribution in [0.5, 0.6) is 0 Å². The Labute approximate surface area is 109 Å². The summed E-state index contributed by atoms with van der Waals surface area (Å²) >= 11 is 0. The molecular weight excluding hydrogens is 244 g/mol. The van der Waals surface area contributed by atoms with Crippen molar-refractivity contribution in [2.45, 2.75) is 18.4 Å². The summed E-state index contributed by atoms with van der Waals surface area (Å²) in [6, 6.07) is 7.18. The fourth-order valence-electron chi connectivity index (χ4n) is 2.05. The molecule has 0 bridgehead atoms. The quantitative estimate of drug-likeness (QED) is 0.686. The molecule has 1 heterocycles. The number of carbonyl (C=O) groups is 1. The Morgan fingerprint density at radius 2 is 1.95 bits per heavy atom. The minimum absolute atomic E-state index is 0.0764. The van der Waals surface area contributed by atoms with Crippen molar-refractivity contribution < 1.29 is 4.79 Å². The highest BCUT2D eigenvalue weighted by Crippen LogP contribution is 2.45. The lowest BCUT2D eigenvalue weighted by Gasteiger charge is -2.17. The van der Waals surface area contributed by atoms with Crippen molar-refractivity contribution in [2.75, 3.05) is 11.5 Å². The maximum absolute atomic E-state index is 12.0. The second-order valence-electron chi connectivity index (χ2n) is 4.68. The number of hydrogen-bond acceptors (Lipinski definition) is 5. The molecule has 0 radical (unpaired) electrons. The minimum atomic E-state index is -0.335. The lowest BCUT2D eigenvalue weighted by molar-refractivity contribution is 0.234. The molecule has 1 saturated carbocycles. The number of carbonyl (C=O) groups excluding carboxylic acids is 1. The van der Waals surface area contributed by atoms with Crippen LogP contribution >= 0.6 is 0 Å². The zero-order valence-corrected chi connectivity index (χ0v) is 10.2. The van der Waals surface area contributed by atoms with E-state index in [2.05, 4.69) is 15.4 Å². The first-order chi connectivity index (χ1) is 9.09. The van der Waals surface area contributed by atoms with E-state index in [0.29, 0.717) is 5.69 Å². The molecule has 0 aliphatic heterocycles. The van der Waals surface area contributed by atoms with Crippen LogP contribution in [-0.2, 0) is 5.54 Å². The molecule has 1 amide bonds. The number of benzene rings is 1. The monoisotopic (exact) mass is 258 g/mol. The van der Waals surface area contributed by atoms with Crippen LogP contribution in [0.25, 0.3) is 0 Å². The van der Waals surface area contributed by atoms with Gasteiger partial charge in [-0.05, 0) is 30.5 Å². The van der Waals surface area contributed by atoms with E-state index >= 15 is 0 Å². The summed E-state index contributed by atoms with van der Waals surface area (Å²) in [5.74, 6) is 0.0764. The second kappa shape index (κ2) is 3.98. The number of amides is 1. The Bertz CT molecular complexity index is 613. The number of hydrogen-bond donors (Lipinski definition) is 3. The zero-order chi connectivity index (χ0) is 13.5. The summed E-state index contributed by atoms with van der Waals surface area (Å²) in [6.07, 6.45) is 3.09. The molecule has 1 aliphatic carbocycles. The van der Waals surface area contributed by atoms with Crippen LogP contribution < -0.4 is 16.8 Å². The molecule has 0 spiro atoms. The molecule has 7 heteroatoms. The first-order valence-corrected chi connectivity index (χ1v) is 5.95. The van der Waals surface area contributed by atoms with E-state index in [9.17, 15) is 4.79 Å². The van der Waals surface area contributed by atoms with Gasteiger partial charge in [-0.2, -0.15) is 4.68 Å². The highest BCUT2D eigenvalue weighted by atomic mass is 16.2. The Balaban J connectivity index is 1.79. The van der Waals surface area contributed by atoms with Crippen LogP contribution in [0.15, 0.2) is 30.6 Å². The molecule has 1 aliphatic rings. The summed E-state index contributed by atoms with van der Waals surface area (Å²) in [5, 5.41) is 6.74. The van der Waals surface area contributed by atoms with E-state index in [0.717, 1.165) is 23.1 Å². The number of nitrogens with zero attached hydrogens (tertiary/aromatic N) is 3. The summed E-state index contributed by atoms with van der Waals surface area (Å²) in [7, 11) is 0. The molecule has 2 aromatic rings. The smallest absolute Gasteiger partial charge is 0.344 e. The molecule has 7 nitrogen and oxygen atoms in total. The van der Waals surface area contributed by atoms with Gasteiger partial charge in [0.1, 0.15) is 6.33 Å². The second-order valence-corrected chi connectivity index (χ2v) is 4.68. The van der Waals surface area contributed by atoms with E-state index < -0.39 is 0 Å². The molecule has 1 fully saturated rings. The van der Waals surface area contributed by atoms with Gasteiger partial charge in [-0.15, -0.1) is 5.10 Å². The molecule has 0 saturated heterocycles. The molecule has 1 aromatic carbocycles. The standard InChI is InChI=1S/C12H14N6O/c13-9-3-1-8(2-4-9)12(5-6-12)16-11(19)18-7-15-10(14)17-18/h1-4,7H,5-6,13H2,(H2,14,17)(H,16,19). The van der Waals surface area contributed by atoms with Gasteiger partial charge in [0.2, 0.25) is 5.95 Å². The van der Waals surface area contributed by atoms with Crippen molar-refractivity contribution in [3.63, 3.8) is 0 Å². The van der Waals surface area contributed by atoms with Crippen LogP contribution in [0.3, 0.4) is 0 Å². The van der Waals surface area contributed by atoms with E-state index in [1.807, 2.05) is 24.3 Å². The van der Waals surface area contributed by atoms with Crippen molar-refractivity contribution in [3.8, 4) is 0 Å². The van der Waals surface area contributed by atoms with Crippen molar-refractivity contribution in [2.24, 2.45) is 0 Å². The van der Waals surface area contributed by atoms with E-state index in [-0.39, 0.29) is 17.5 Å². The SMILES string of the molecule is Nc1ccc(C2(NC(=O)n3cnc(N)n3)CC2)cc1. The Morgan fingerprint density at radius 3 is 2.47 bits per heavy atom. The van der Waals surface area contributed by atoms with Gasteiger partial charge in [-0.1, -0.05) is 12.1 Å². The third-order valence-corrected chi connectivity index (χ3v) is 3.28. The number of nitrogens with two attached hydrogens (primary N) is 2. The normalized spacial score (nSPS) is 16.0. The number of rotatable bonds is 2. The summed E-state index contributed by atoms with van der Waals surface area (Å²) in [5.41, 5.74) is 12.5. The van der Waals surface area contributed by atoms with Crippen LogP contribution in [0.1, 0.15) is 18.4 Å². The maximum atomic E-state index is 12.0. The fraction of sp³-hybridized carbons (Fsp3) is 0.250. The highest BCUT2D eigenvalue weighted by Gasteiger charge is 2.46. The zero-order valence-electron chi connectivity index (χ0n) is 10.2. The van der Waals surface area contributed by atoms with Crippen LogP contribution in [-0.4, -0.2) is 20.8 Å². The molecule has 0 atom stereocenters. The molecule has 19 heavy (non-hydrogen) atoms. The van der Waals surface area contributed by atoms with Gasteiger partial charge in [0, 0.05) is 5.69 Å². The first-order valence-electron chi connectivity index (χ1n) is 5.95. The van der Waals surface area contributed by atoms with E-state index in [4.69, 9.17) is 11.5 Å². The molecule has 3 rings (SSSR count). The molecule has 98 valence electrons. The van der Waals surface area contributed by atoms with Crippen LogP contribution in [0.4, 0.5) is 16.4 Å². The first kappa shape index (κ1) is 11.5. The average Bonchev–Trinajstić information content (AvgIpc) is 3.03. The van der Waals surface area contributed by atoms with Crippen molar-refractivity contribution in [3.05, 3.63) is 36.2 Å². The molecule has 5 N–H and O–H groups in total. The van der Waals surface area contributed by atoms with Gasteiger partial charge >= 0.3 is 6.03 Å². The number of aromatic nitrogens is 3. The van der Waals surface area contributed by atoms with Gasteiger partial charge in [-0.3, -0.25) is 0 Å². The van der Waals surface area contributed by atoms with Gasteiger partial charge in [-0.25, -0.2) is 9.78 Å². The van der Waals surface area contributed by atoms with Gasteiger partial charge in [0.25, 0.3) is 0 Å². The Kier molecular flexibility index (Phi) is 2.41. The van der Waals surface area contributed by atoms with E-state index in [1.165, 1.54) is 6.33 Å². The summed E-state index contributed by atoms with van der Waals surface area (Å²) < 4.78 is 1.10. The van der Waals surface area contributed by atoms with Crippen LogP contribution in [0, 0.1) is 0 Å². The minimum Gasteiger partial charge on any atom is -0.399 e. The fourth-order valence-corrected chi connectivity index (χ4v) is 2.05. The Hall–Kier alpha value is -2.57. The lowest BCUT2D eigenvalue weighted by atomic mass is 10.0. The molecule has 0 unspecified atom stereocenters. The predicted octanol–water partition coefficient (Wildman–Crippen LogP) is 0.689. The third-order valence-electron chi connectivity index (χ3n) is 3.28. The molecule has 1 aromatic heterocycles. The number of nitrogen functional groups attached to an aromatic ring is 2. The van der Waals surface area contributed by atoms with Gasteiger partial charge in [0.15, 0.2) is 0 Å². The number of nitrogens with one attached hydrogen (secondary N) is 1. The van der Waals surface area contributed by atoms with Gasteiger partial charge in [0.05, 0.1) is 5.54 Å². The van der Waals surface area contributed by atoms with Crippen molar-refractivity contribution >= 4 is 17.7 Å². The van der Waals surface area contributed by atoms with Crippen molar-refractivity contribution in [1.29, 1.82) is 0 Å². The summed E-state index contributed by atoms with van der Waals surface area (Å²) in [6.45, 7) is 0. The highest BCUT2D eigenvalue weighted by molar-refractivity contribution is 5.77.